The van der Waals surface area contributed by atoms with Gasteiger partial charge in [0.1, 0.15) is 0 Å². The Hall–Kier alpha value is -1.39. The van der Waals surface area contributed by atoms with Gasteiger partial charge in [0.15, 0.2) is 0 Å². The van der Waals surface area contributed by atoms with E-state index in [1.165, 1.54) is 29.1 Å². The third-order valence-electron chi connectivity index (χ3n) is 4.08. The molecule has 0 aliphatic carbocycles. The van der Waals surface area contributed by atoms with E-state index in [4.69, 9.17) is 0 Å². The monoisotopic (exact) mass is 357 g/mol. The van der Waals surface area contributed by atoms with Crippen LogP contribution in [0, 0.1) is 0 Å². The molecule has 1 N–H and O–H groups in total. The third-order valence-corrected chi connectivity index (χ3v) is 7.10. The van der Waals surface area contributed by atoms with Gasteiger partial charge in [-0.25, -0.2) is 0 Å². The van der Waals surface area contributed by atoms with Crippen LogP contribution in [0.25, 0.3) is 0 Å². The van der Waals surface area contributed by atoms with Gasteiger partial charge in [-0.2, -0.15) is 0 Å². The van der Waals surface area contributed by atoms with Crippen LogP contribution in [0.2, 0.25) is 0 Å². The maximum Gasteiger partial charge on any atom is 0.255 e. The summed E-state index contributed by atoms with van der Waals surface area (Å²) < 4.78 is 0.513. The number of nitrogens with one attached hydrogen (secondary N) is 1. The fraction of sp³-hybridized carbons (Fsp3) is 0.350. The van der Waals surface area contributed by atoms with Crippen molar-refractivity contribution in [2.45, 2.75) is 30.8 Å². The molecule has 0 saturated carbocycles. The number of carbonyl (C=O) groups is 1. The van der Waals surface area contributed by atoms with E-state index in [2.05, 4.69) is 37.4 Å². The summed E-state index contributed by atoms with van der Waals surface area (Å²) in [6.07, 6.45) is 1.29. The highest BCUT2D eigenvalue weighted by atomic mass is 32.2. The lowest BCUT2D eigenvalue weighted by molar-refractivity contribution is 0.102. The molecule has 0 unspecified atom stereocenters. The fourth-order valence-corrected chi connectivity index (χ4v) is 5.54. The third kappa shape index (κ3) is 4.37. The van der Waals surface area contributed by atoms with Gasteiger partial charge in [0.25, 0.3) is 5.91 Å². The Morgan fingerprint density at radius 3 is 2.46 bits per heavy atom. The first-order valence-corrected chi connectivity index (χ1v) is 10.5. The minimum atomic E-state index is -0.0496. The molecule has 1 heterocycles. The topological polar surface area (TPSA) is 29.1 Å². The van der Waals surface area contributed by atoms with Crippen LogP contribution in [0.1, 0.15) is 52.3 Å². The maximum atomic E-state index is 12.5. The zero-order chi connectivity index (χ0) is 16.9. The van der Waals surface area contributed by atoms with E-state index in [0.29, 0.717) is 16.1 Å². The Morgan fingerprint density at radius 1 is 1.08 bits per heavy atom. The fourth-order valence-electron chi connectivity index (χ4n) is 2.65. The normalized spacial score (nSPS) is 15.5. The van der Waals surface area contributed by atoms with Gasteiger partial charge in [-0.05, 0) is 59.2 Å². The molecule has 0 aromatic heterocycles. The first-order valence-electron chi connectivity index (χ1n) is 8.38. The molecule has 1 amide bonds. The summed E-state index contributed by atoms with van der Waals surface area (Å²) >= 11 is 4.00. The molecule has 2 nitrogen and oxygen atoms in total. The number of hydrogen-bond acceptors (Lipinski definition) is 3. The van der Waals surface area contributed by atoms with E-state index in [0.717, 1.165) is 5.69 Å². The van der Waals surface area contributed by atoms with Gasteiger partial charge < -0.3 is 5.32 Å². The van der Waals surface area contributed by atoms with Crippen LogP contribution < -0.4 is 5.32 Å². The van der Waals surface area contributed by atoms with Crippen LogP contribution >= 0.6 is 23.5 Å². The molecular weight excluding hydrogens is 334 g/mol. The van der Waals surface area contributed by atoms with E-state index < -0.39 is 0 Å². The summed E-state index contributed by atoms with van der Waals surface area (Å²) in [5.74, 6) is 2.86. The smallest absolute Gasteiger partial charge is 0.255 e. The molecule has 0 bridgehead atoms. The Labute approximate surface area is 152 Å². The second-order valence-electron chi connectivity index (χ2n) is 6.28. The van der Waals surface area contributed by atoms with Crippen molar-refractivity contribution >= 4 is 35.1 Å². The summed E-state index contributed by atoms with van der Waals surface area (Å²) in [5.41, 5.74) is 4.10. The van der Waals surface area contributed by atoms with Gasteiger partial charge in [-0.1, -0.05) is 38.1 Å². The van der Waals surface area contributed by atoms with Crippen molar-refractivity contribution in [1.82, 2.24) is 0 Å². The zero-order valence-corrected chi connectivity index (χ0v) is 15.8. The van der Waals surface area contributed by atoms with E-state index in [-0.39, 0.29) is 5.91 Å². The second kappa shape index (κ2) is 8.13. The summed E-state index contributed by atoms with van der Waals surface area (Å²) in [5, 5.41) is 3.00. The van der Waals surface area contributed by atoms with Gasteiger partial charge >= 0.3 is 0 Å². The van der Waals surface area contributed by atoms with Gasteiger partial charge in [0, 0.05) is 11.3 Å². The highest BCUT2D eigenvalue weighted by Crippen LogP contribution is 2.43. The minimum absolute atomic E-state index is 0.0496. The van der Waals surface area contributed by atoms with Crippen molar-refractivity contribution < 1.29 is 4.79 Å². The molecule has 24 heavy (non-hydrogen) atoms. The summed E-state index contributed by atoms with van der Waals surface area (Å²) in [6, 6.07) is 16.1. The number of amides is 1. The number of hydrogen-bond donors (Lipinski definition) is 1. The van der Waals surface area contributed by atoms with Crippen LogP contribution in [0.4, 0.5) is 5.69 Å². The van der Waals surface area contributed by atoms with Crippen LogP contribution in [0.3, 0.4) is 0 Å². The SMILES string of the molecule is CC(C)c1cccc(NC(=O)c2ccc(C3SCCCS3)cc2)c1. The average Bonchev–Trinajstić information content (AvgIpc) is 2.63. The molecule has 1 aliphatic rings. The molecule has 0 spiro atoms. The summed E-state index contributed by atoms with van der Waals surface area (Å²) in [4.78, 5) is 12.5. The van der Waals surface area contributed by atoms with Gasteiger partial charge in [0.2, 0.25) is 0 Å². The highest BCUT2D eigenvalue weighted by molar-refractivity contribution is 8.16. The molecular formula is C20H23NOS2. The lowest BCUT2D eigenvalue weighted by Crippen LogP contribution is -2.12. The van der Waals surface area contributed by atoms with Gasteiger partial charge in [0.05, 0.1) is 4.58 Å². The standard InChI is InChI=1S/C20H23NOS2/c1-14(2)17-5-3-6-18(13-17)21-19(22)15-7-9-16(10-8-15)20-23-11-4-12-24-20/h3,5-10,13-14,20H,4,11-12H2,1-2H3,(H,21,22). The first kappa shape index (κ1) is 17.4. The van der Waals surface area contributed by atoms with Crippen molar-refractivity contribution in [2.75, 3.05) is 16.8 Å². The van der Waals surface area contributed by atoms with E-state index >= 15 is 0 Å². The molecule has 1 fully saturated rings. The van der Waals surface area contributed by atoms with Crippen LogP contribution in [0.15, 0.2) is 48.5 Å². The molecule has 126 valence electrons. The van der Waals surface area contributed by atoms with E-state index in [1.54, 1.807) is 0 Å². The maximum absolute atomic E-state index is 12.5. The van der Waals surface area contributed by atoms with Gasteiger partial charge in [-0.15, -0.1) is 23.5 Å². The predicted octanol–water partition coefficient (Wildman–Crippen LogP) is 5.93. The van der Waals surface area contributed by atoms with E-state index in [1.807, 2.05) is 53.9 Å². The Kier molecular flexibility index (Phi) is 5.90. The number of carbonyl (C=O) groups excluding carboxylic acids is 1. The van der Waals surface area contributed by atoms with Crippen LogP contribution in [0.5, 0.6) is 0 Å². The number of benzene rings is 2. The lowest BCUT2D eigenvalue weighted by Gasteiger charge is -2.21. The van der Waals surface area contributed by atoms with Gasteiger partial charge in [-0.3, -0.25) is 4.79 Å². The molecule has 0 atom stereocenters. The van der Waals surface area contributed by atoms with Crippen molar-refractivity contribution in [2.24, 2.45) is 0 Å². The minimum Gasteiger partial charge on any atom is -0.322 e. The Morgan fingerprint density at radius 2 is 1.79 bits per heavy atom. The predicted molar refractivity (Wildman–Crippen MR) is 107 cm³/mol. The van der Waals surface area contributed by atoms with Crippen molar-refractivity contribution in [3.63, 3.8) is 0 Å². The molecule has 1 saturated heterocycles. The quantitative estimate of drug-likeness (QED) is 0.735. The number of thioether (sulfide) groups is 2. The van der Waals surface area contributed by atoms with E-state index in [9.17, 15) is 4.79 Å². The highest BCUT2D eigenvalue weighted by Gasteiger charge is 2.17. The zero-order valence-electron chi connectivity index (χ0n) is 14.1. The molecule has 2 aromatic rings. The average molecular weight is 358 g/mol. The Balaban J connectivity index is 1.67. The first-order chi connectivity index (χ1) is 11.6. The summed E-state index contributed by atoms with van der Waals surface area (Å²) in [6.45, 7) is 4.31. The van der Waals surface area contributed by atoms with Crippen molar-refractivity contribution in [3.8, 4) is 0 Å². The van der Waals surface area contributed by atoms with Crippen LogP contribution in [-0.4, -0.2) is 17.4 Å². The lowest BCUT2D eigenvalue weighted by atomic mass is 10.0. The molecule has 0 radical (unpaired) electrons. The van der Waals surface area contributed by atoms with Crippen LogP contribution in [-0.2, 0) is 0 Å². The largest absolute Gasteiger partial charge is 0.322 e. The molecule has 1 aliphatic heterocycles. The second-order valence-corrected chi connectivity index (χ2v) is 9.01. The number of rotatable bonds is 4. The Bertz CT molecular complexity index is 691. The van der Waals surface area contributed by atoms with Crippen molar-refractivity contribution in [3.05, 3.63) is 65.2 Å². The molecule has 4 heteroatoms. The molecule has 2 aromatic carbocycles. The van der Waals surface area contributed by atoms with Crippen molar-refractivity contribution in [1.29, 1.82) is 0 Å². The molecule has 3 rings (SSSR count). The summed E-state index contributed by atoms with van der Waals surface area (Å²) in [7, 11) is 0. The number of anilines is 1.